The minimum atomic E-state index is -3.75. The van der Waals surface area contributed by atoms with Crippen molar-refractivity contribution >= 4 is 42.6 Å². The van der Waals surface area contributed by atoms with Crippen molar-refractivity contribution in [3.8, 4) is 0 Å². The fraction of sp³-hybridized carbons (Fsp3) is 0. The third kappa shape index (κ3) is 2.54. The van der Waals surface area contributed by atoms with Gasteiger partial charge in [0.25, 0.3) is 10.0 Å². The zero-order chi connectivity index (χ0) is 15.2. The van der Waals surface area contributed by atoms with Gasteiger partial charge in [0.1, 0.15) is 4.90 Å². The summed E-state index contributed by atoms with van der Waals surface area (Å²) in [6.45, 7) is 0. The van der Waals surface area contributed by atoms with Crippen molar-refractivity contribution in [3.05, 3.63) is 52.5 Å². The second kappa shape index (κ2) is 5.04. The van der Waals surface area contributed by atoms with Gasteiger partial charge in [-0.25, -0.2) is 0 Å². The van der Waals surface area contributed by atoms with E-state index in [0.717, 1.165) is 9.37 Å². The van der Waals surface area contributed by atoms with Crippen molar-refractivity contribution in [3.63, 3.8) is 0 Å². The van der Waals surface area contributed by atoms with Crippen molar-refractivity contribution in [2.24, 2.45) is 9.50 Å². The number of hydrogen-bond acceptors (Lipinski definition) is 3. The molecule has 1 aliphatic rings. The lowest BCUT2D eigenvalue weighted by Crippen LogP contribution is -2.11. The maximum Gasteiger partial charge on any atom is 0.289 e. The Morgan fingerprint density at radius 3 is 2.43 bits per heavy atom. The van der Waals surface area contributed by atoms with E-state index < -0.39 is 26.6 Å². The lowest BCUT2D eigenvalue weighted by molar-refractivity contribution is 0.1000. The van der Waals surface area contributed by atoms with Crippen molar-refractivity contribution in [2.75, 3.05) is 0 Å². The second-order valence-electron chi connectivity index (χ2n) is 4.31. The van der Waals surface area contributed by atoms with Gasteiger partial charge in [0.05, 0.1) is 0 Å². The van der Waals surface area contributed by atoms with Crippen LogP contribution in [0.15, 0.2) is 65.4 Å². The van der Waals surface area contributed by atoms with Crippen LogP contribution in [0.4, 0.5) is 0 Å². The molecule has 21 heavy (non-hydrogen) atoms. The summed E-state index contributed by atoms with van der Waals surface area (Å²) in [4.78, 5) is 12.6. The topological polar surface area (TPSA) is 89.6 Å². The molecule has 1 heterocycles. The first-order chi connectivity index (χ1) is 9.88. The van der Waals surface area contributed by atoms with E-state index in [-0.39, 0.29) is 10.5 Å². The van der Waals surface area contributed by atoms with Gasteiger partial charge in [-0.2, -0.15) is 8.42 Å². The lowest BCUT2D eigenvalue weighted by Gasteiger charge is -2.05. The number of primary amides is 1. The first-order valence-corrected chi connectivity index (χ1v) is 9.22. The van der Waals surface area contributed by atoms with E-state index >= 15 is 0 Å². The summed E-state index contributed by atoms with van der Waals surface area (Å²) < 4.78 is 29.1. The molecule has 0 fully saturated rings. The number of benzene rings is 2. The monoisotopic (exact) mass is 384 g/mol. The number of fused-ring (bicyclic) bond motifs is 1. The fourth-order valence-electron chi connectivity index (χ4n) is 1.93. The van der Waals surface area contributed by atoms with Gasteiger partial charge in [-0.1, -0.05) is 15.9 Å². The van der Waals surface area contributed by atoms with Crippen LogP contribution in [0, 0.1) is 0 Å². The Morgan fingerprint density at radius 2 is 1.81 bits per heavy atom. The number of carbonyl (C=O) groups excluding carboxylic acids is 1. The minimum Gasteiger partial charge on any atom is -0.366 e. The zero-order valence-electron chi connectivity index (χ0n) is 10.5. The number of nitrogens with two attached hydrogens (primary N) is 1. The van der Waals surface area contributed by atoms with Crippen molar-refractivity contribution in [1.29, 1.82) is 0 Å². The van der Waals surface area contributed by atoms with E-state index in [2.05, 4.69) is 19.7 Å². The SMILES string of the molecule is NC(=O)c1ccc2c(c1)S(=O)(=O)N=S2c1ccc(Br)cc1. The van der Waals surface area contributed by atoms with E-state index in [9.17, 15) is 13.2 Å². The molecule has 2 aromatic rings. The van der Waals surface area contributed by atoms with E-state index in [0.29, 0.717) is 4.90 Å². The van der Waals surface area contributed by atoms with Crippen molar-refractivity contribution < 1.29 is 13.2 Å². The summed E-state index contributed by atoms with van der Waals surface area (Å²) in [6, 6.07) is 11.7. The summed E-state index contributed by atoms with van der Waals surface area (Å²) in [5.74, 6) is -0.663. The molecule has 1 unspecified atom stereocenters. The molecule has 8 heteroatoms. The quantitative estimate of drug-likeness (QED) is 0.861. The Balaban J connectivity index is 2.20. The van der Waals surface area contributed by atoms with Crippen LogP contribution in [-0.4, -0.2) is 14.3 Å². The standard InChI is InChI=1S/C13H9BrN2O3S2/c14-9-2-4-10(5-3-9)20-11-6-1-8(13(15)17)7-12(11)21(18,19)16-20/h1-7H,(H2,15,17). The maximum atomic E-state index is 12.2. The Labute approximate surface area is 132 Å². The summed E-state index contributed by atoms with van der Waals surface area (Å²) in [7, 11) is -4.65. The number of hydrogen-bond donors (Lipinski definition) is 1. The molecule has 1 atom stereocenters. The molecule has 0 spiro atoms. The smallest absolute Gasteiger partial charge is 0.289 e. The van der Waals surface area contributed by atoms with Gasteiger partial charge >= 0.3 is 0 Å². The maximum absolute atomic E-state index is 12.2. The van der Waals surface area contributed by atoms with Crippen molar-refractivity contribution in [1.82, 2.24) is 0 Å². The average molecular weight is 385 g/mol. The number of sulfonamides is 1. The highest BCUT2D eigenvalue weighted by atomic mass is 79.9. The van der Waals surface area contributed by atoms with E-state index in [1.54, 1.807) is 6.07 Å². The highest BCUT2D eigenvalue weighted by Gasteiger charge is 2.29. The van der Waals surface area contributed by atoms with Gasteiger partial charge in [0, 0.05) is 19.8 Å². The number of carbonyl (C=O) groups is 1. The Bertz CT molecular complexity index is 890. The molecule has 0 aliphatic carbocycles. The van der Waals surface area contributed by atoms with Crippen LogP contribution in [0.3, 0.4) is 0 Å². The molecule has 2 aromatic carbocycles. The molecule has 108 valence electrons. The molecule has 0 saturated heterocycles. The minimum absolute atomic E-state index is 0.0602. The highest BCUT2D eigenvalue weighted by molar-refractivity contribution is 9.10. The summed E-state index contributed by atoms with van der Waals surface area (Å²) in [6.07, 6.45) is 0. The average Bonchev–Trinajstić information content (AvgIpc) is 2.71. The van der Waals surface area contributed by atoms with Gasteiger partial charge in [0.2, 0.25) is 5.91 Å². The number of nitrogens with zero attached hydrogens (tertiary/aromatic N) is 1. The Morgan fingerprint density at radius 1 is 1.14 bits per heavy atom. The van der Waals surface area contributed by atoms with Crippen LogP contribution in [0.25, 0.3) is 0 Å². The number of halogens is 1. The largest absolute Gasteiger partial charge is 0.366 e. The molecule has 0 bridgehead atoms. The van der Waals surface area contributed by atoms with E-state index in [1.165, 1.54) is 12.1 Å². The fourth-order valence-corrected chi connectivity index (χ4v) is 6.22. The molecule has 1 aliphatic heterocycles. The van der Waals surface area contributed by atoms with Crippen LogP contribution in [0.2, 0.25) is 0 Å². The third-order valence-corrected chi connectivity index (χ3v) is 7.35. The normalized spacial score (nSPS) is 18.8. The molecule has 0 aromatic heterocycles. The van der Waals surface area contributed by atoms with Crippen LogP contribution >= 0.6 is 15.9 Å². The first kappa shape index (κ1) is 14.4. The van der Waals surface area contributed by atoms with Crippen LogP contribution in [-0.2, 0) is 20.7 Å². The number of rotatable bonds is 2. The van der Waals surface area contributed by atoms with Crippen LogP contribution in [0.1, 0.15) is 10.4 Å². The van der Waals surface area contributed by atoms with E-state index in [4.69, 9.17) is 5.73 Å². The molecule has 2 N–H and O–H groups in total. The second-order valence-corrected chi connectivity index (χ2v) is 8.70. The van der Waals surface area contributed by atoms with Crippen LogP contribution < -0.4 is 5.73 Å². The van der Waals surface area contributed by atoms with Gasteiger partial charge in [0.15, 0.2) is 0 Å². The lowest BCUT2D eigenvalue weighted by atomic mass is 10.2. The molecular weight excluding hydrogens is 376 g/mol. The molecule has 0 saturated carbocycles. The van der Waals surface area contributed by atoms with Gasteiger partial charge < -0.3 is 5.73 Å². The molecule has 5 nitrogen and oxygen atoms in total. The molecule has 0 radical (unpaired) electrons. The summed E-state index contributed by atoms with van der Waals surface area (Å²) in [5, 5.41) is 0. The molecular formula is C13H9BrN2O3S2. The van der Waals surface area contributed by atoms with Gasteiger partial charge in [-0.05, 0) is 53.2 Å². The predicted octanol–water partition coefficient (Wildman–Crippen LogP) is 2.47. The number of amides is 1. The van der Waals surface area contributed by atoms with Gasteiger partial charge in [-0.3, -0.25) is 4.79 Å². The van der Waals surface area contributed by atoms with E-state index in [1.807, 2.05) is 24.3 Å². The third-order valence-electron chi connectivity index (χ3n) is 2.92. The Hall–Kier alpha value is -1.51. The highest BCUT2D eigenvalue weighted by Crippen LogP contribution is 2.35. The van der Waals surface area contributed by atoms with Crippen molar-refractivity contribution in [2.45, 2.75) is 14.7 Å². The summed E-state index contributed by atoms with van der Waals surface area (Å²) in [5.41, 5.74) is 5.35. The zero-order valence-corrected chi connectivity index (χ0v) is 13.7. The van der Waals surface area contributed by atoms with Gasteiger partial charge in [-0.15, -0.1) is 3.77 Å². The molecule has 3 rings (SSSR count). The van der Waals surface area contributed by atoms with Crippen LogP contribution in [0.5, 0.6) is 0 Å². The molecule has 1 amide bonds. The predicted molar refractivity (Wildman–Crippen MR) is 82.6 cm³/mol. The summed E-state index contributed by atoms with van der Waals surface area (Å²) >= 11 is 3.34. The Kier molecular flexibility index (Phi) is 3.46. The first-order valence-electron chi connectivity index (χ1n) is 5.80.